The van der Waals surface area contributed by atoms with E-state index in [9.17, 15) is 4.79 Å². The minimum atomic E-state index is -0.0985. The topological polar surface area (TPSA) is 78.0 Å². The molecule has 1 aromatic rings. The number of amides is 1. The molecule has 7 nitrogen and oxygen atoms in total. The van der Waals surface area contributed by atoms with Gasteiger partial charge in [0, 0.05) is 39.3 Å². The predicted molar refractivity (Wildman–Crippen MR) is 109 cm³/mol. The monoisotopic (exact) mass is 375 g/mol. The quantitative estimate of drug-likeness (QED) is 0.341. The second kappa shape index (κ2) is 12.3. The van der Waals surface area contributed by atoms with E-state index in [4.69, 9.17) is 4.74 Å². The lowest BCUT2D eigenvalue weighted by atomic mass is 10.0. The van der Waals surface area contributed by atoms with Gasteiger partial charge in [0.05, 0.1) is 6.61 Å². The molecule has 27 heavy (non-hydrogen) atoms. The number of carbonyl (C=O) groups is 1. The molecule has 1 aliphatic rings. The highest BCUT2D eigenvalue weighted by molar-refractivity contribution is 5.85. The third kappa shape index (κ3) is 8.41. The predicted octanol–water partition coefficient (Wildman–Crippen LogP) is 0.969. The molecule has 1 aromatic carbocycles. The van der Waals surface area contributed by atoms with Crippen LogP contribution in [0.4, 0.5) is 0 Å². The van der Waals surface area contributed by atoms with Crippen molar-refractivity contribution in [2.45, 2.75) is 32.4 Å². The molecule has 1 atom stereocenters. The normalized spacial score (nSPS) is 18.1. The van der Waals surface area contributed by atoms with Crippen molar-refractivity contribution in [2.75, 3.05) is 46.4 Å². The van der Waals surface area contributed by atoms with Crippen LogP contribution >= 0.6 is 0 Å². The van der Waals surface area contributed by atoms with Crippen LogP contribution in [-0.2, 0) is 16.1 Å². The van der Waals surface area contributed by atoms with Crippen molar-refractivity contribution >= 4 is 11.9 Å². The largest absolute Gasteiger partial charge is 0.383 e. The number of guanidine groups is 1. The Labute approximate surface area is 162 Å². The van der Waals surface area contributed by atoms with Crippen LogP contribution in [0.25, 0.3) is 0 Å². The molecule has 0 aliphatic carbocycles. The summed E-state index contributed by atoms with van der Waals surface area (Å²) in [6.45, 7) is 6.96. The molecule has 1 heterocycles. The lowest BCUT2D eigenvalue weighted by Gasteiger charge is -2.34. The van der Waals surface area contributed by atoms with E-state index in [1.807, 2.05) is 6.92 Å². The Bertz CT molecular complexity index is 579. The van der Waals surface area contributed by atoms with Crippen LogP contribution < -0.4 is 16.0 Å². The Morgan fingerprint density at radius 1 is 1.30 bits per heavy atom. The maximum atomic E-state index is 11.8. The summed E-state index contributed by atoms with van der Waals surface area (Å²) in [6.07, 6.45) is 2.26. The minimum Gasteiger partial charge on any atom is -0.383 e. The van der Waals surface area contributed by atoms with E-state index in [-0.39, 0.29) is 12.5 Å². The zero-order valence-corrected chi connectivity index (χ0v) is 16.5. The third-order valence-corrected chi connectivity index (χ3v) is 4.45. The number of nitrogens with one attached hydrogen (secondary N) is 3. The smallest absolute Gasteiger partial charge is 0.241 e. The summed E-state index contributed by atoms with van der Waals surface area (Å²) in [5.74, 6) is 0.601. The second-order valence-electron chi connectivity index (χ2n) is 6.74. The fourth-order valence-corrected chi connectivity index (χ4v) is 3.17. The van der Waals surface area contributed by atoms with E-state index in [1.165, 1.54) is 5.56 Å². The van der Waals surface area contributed by atoms with E-state index < -0.39 is 0 Å². The zero-order valence-electron chi connectivity index (χ0n) is 16.5. The summed E-state index contributed by atoms with van der Waals surface area (Å²) in [5, 5.41) is 9.50. The maximum absolute atomic E-state index is 11.8. The minimum absolute atomic E-state index is 0.0985. The Morgan fingerprint density at radius 3 is 2.85 bits per heavy atom. The molecule has 1 fully saturated rings. The zero-order chi connectivity index (χ0) is 19.3. The number of methoxy groups -OCH3 is 1. The van der Waals surface area contributed by atoms with Gasteiger partial charge in [0.25, 0.3) is 0 Å². The highest BCUT2D eigenvalue weighted by Crippen LogP contribution is 2.13. The maximum Gasteiger partial charge on any atom is 0.241 e. The van der Waals surface area contributed by atoms with Crippen LogP contribution in [0, 0.1) is 0 Å². The van der Waals surface area contributed by atoms with Gasteiger partial charge in [0.1, 0.15) is 6.54 Å². The van der Waals surface area contributed by atoms with Gasteiger partial charge in [-0.25, -0.2) is 4.99 Å². The number of hydrogen-bond donors (Lipinski definition) is 3. The number of rotatable bonds is 9. The van der Waals surface area contributed by atoms with Gasteiger partial charge in [-0.05, 0) is 31.9 Å². The van der Waals surface area contributed by atoms with Crippen molar-refractivity contribution in [3.63, 3.8) is 0 Å². The van der Waals surface area contributed by atoms with Crippen molar-refractivity contribution in [3.8, 4) is 0 Å². The molecule has 0 aromatic heterocycles. The molecule has 7 heteroatoms. The molecule has 1 aliphatic heterocycles. The van der Waals surface area contributed by atoms with Crippen LogP contribution in [0.2, 0.25) is 0 Å². The molecule has 0 saturated carbocycles. The van der Waals surface area contributed by atoms with Crippen LogP contribution in [0.15, 0.2) is 35.3 Å². The van der Waals surface area contributed by atoms with Crippen LogP contribution in [0.5, 0.6) is 0 Å². The van der Waals surface area contributed by atoms with Crippen LogP contribution in [-0.4, -0.2) is 69.2 Å². The summed E-state index contributed by atoms with van der Waals surface area (Å²) in [4.78, 5) is 18.7. The Kier molecular flexibility index (Phi) is 9.65. The molecular weight excluding hydrogens is 342 g/mol. The fourth-order valence-electron chi connectivity index (χ4n) is 3.17. The number of benzene rings is 1. The first kappa shape index (κ1) is 21.2. The Morgan fingerprint density at radius 2 is 2.11 bits per heavy atom. The van der Waals surface area contributed by atoms with Gasteiger partial charge in [0.2, 0.25) is 5.91 Å². The van der Waals surface area contributed by atoms with Crippen LogP contribution in [0.3, 0.4) is 0 Å². The molecule has 0 bridgehead atoms. The number of carbonyl (C=O) groups excluding carboxylic acids is 1. The molecule has 2 rings (SSSR count). The van der Waals surface area contributed by atoms with E-state index in [0.717, 1.165) is 39.0 Å². The first-order valence-electron chi connectivity index (χ1n) is 9.78. The van der Waals surface area contributed by atoms with Crippen molar-refractivity contribution in [1.29, 1.82) is 0 Å². The number of ether oxygens (including phenoxy) is 1. The number of piperidine rings is 1. The van der Waals surface area contributed by atoms with Gasteiger partial charge in [0.15, 0.2) is 5.96 Å². The number of hydrogen-bond acceptors (Lipinski definition) is 4. The molecule has 0 spiro atoms. The highest BCUT2D eigenvalue weighted by atomic mass is 16.5. The standard InChI is InChI=1S/C20H33N5O2/c1-3-21-20(23-14-19(26)22-11-13-27-2)24-18-10-7-12-25(16-18)15-17-8-5-4-6-9-17/h4-6,8-9,18H,3,7,10-16H2,1-2H3,(H,22,26)(H2,21,23,24). The van der Waals surface area contributed by atoms with Gasteiger partial charge in [-0.3, -0.25) is 9.69 Å². The van der Waals surface area contributed by atoms with Crippen LogP contribution in [0.1, 0.15) is 25.3 Å². The molecule has 150 valence electrons. The average Bonchev–Trinajstić information content (AvgIpc) is 2.68. The van der Waals surface area contributed by atoms with Crippen molar-refractivity contribution < 1.29 is 9.53 Å². The highest BCUT2D eigenvalue weighted by Gasteiger charge is 2.20. The van der Waals surface area contributed by atoms with Gasteiger partial charge >= 0.3 is 0 Å². The number of nitrogens with zero attached hydrogens (tertiary/aromatic N) is 2. The number of aliphatic imine (C=N–C) groups is 1. The first-order chi connectivity index (χ1) is 13.2. The molecule has 1 amide bonds. The van der Waals surface area contributed by atoms with E-state index in [0.29, 0.717) is 25.2 Å². The SMILES string of the molecule is CCNC(=NCC(=O)NCCOC)NC1CCCN(Cc2ccccc2)C1. The van der Waals surface area contributed by atoms with E-state index in [2.05, 4.69) is 56.2 Å². The van der Waals surface area contributed by atoms with E-state index in [1.54, 1.807) is 7.11 Å². The van der Waals surface area contributed by atoms with E-state index >= 15 is 0 Å². The third-order valence-electron chi connectivity index (χ3n) is 4.45. The fraction of sp³-hybridized carbons (Fsp3) is 0.600. The second-order valence-corrected chi connectivity index (χ2v) is 6.74. The van der Waals surface area contributed by atoms with Crippen molar-refractivity contribution in [1.82, 2.24) is 20.9 Å². The summed E-state index contributed by atoms with van der Waals surface area (Å²) in [6, 6.07) is 10.9. The lowest BCUT2D eigenvalue weighted by molar-refractivity contribution is -0.119. The van der Waals surface area contributed by atoms with Crippen molar-refractivity contribution in [2.24, 2.45) is 4.99 Å². The molecular formula is C20H33N5O2. The van der Waals surface area contributed by atoms with Gasteiger partial charge in [-0.15, -0.1) is 0 Å². The summed E-state index contributed by atoms with van der Waals surface area (Å²) in [5.41, 5.74) is 1.34. The van der Waals surface area contributed by atoms with Gasteiger partial charge in [-0.1, -0.05) is 30.3 Å². The van der Waals surface area contributed by atoms with Crippen molar-refractivity contribution in [3.05, 3.63) is 35.9 Å². The molecule has 1 unspecified atom stereocenters. The van der Waals surface area contributed by atoms with Gasteiger partial charge < -0.3 is 20.7 Å². The Hall–Kier alpha value is -2.12. The molecule has 0 radical (unpaired) electrons. The first-order valence-corrected chi connectivity index (χ1v) is 9.78. The van der Waals surface area contributed by atoms with Gasteiger partial charge in [-0.2, -0.15) is 0 Å². The molecule has 1 saturated heterocycles. The summed E-state index contributed by atoms with van der Waals surface area (Å²) >= 11 is 0. The lowest BCUT2D eigenvalue weighted by Crippen LogP contribution is -2.51. The summed E-state index contributed by atoms with van der Waals surface area (Å²) in [7, 11) is 1.61. The summed E-state index contributed by atoms with van der Waals surface area (Å²) < 4.78 is 4.93. The molecule has 3 N–H and O–H groups in total. The number of likely N-dealkylation sites (tertiary alicyclic amines) is 1. The average molecular weight is 376 g/mol. The Balaban J connectivity index is 1.83.